The van der Waals surface area contributed by atoms with Gasteiger partial charge in [-0.1, -0.05) is 26.2 Å². The molecule has 0 spiro atoms. The smallest absolute Gasteiger partial charge is 0.329 e. The van der Waals surface area contributed by atoms with E-state index in [1.165, 1.54) is 0 Å². The Morgan fingerprint density at radius 3 is 2.82 bits per heavy atom. The molecule has 1 heterocycles. The van der Waals surface area contributed by atoms with Crippen LogP contribution in [0.5, 0.6) is 0 Å². The standard InChI is InChI=1S/C18H22N2O2/c1-3-5-6-7-17(18(21)22-4-2)20-11-10-15-12-14(13-19)8-9-16(15)20/h8-12,17H,3-7H2,1-2H3. The van der Waals surface area contributed by atoms with Gasteiger partial charge in [-0.15, -0.1) is 0 Å². The van der Waals surface area contributed by atoms with Gasteiger partial charge in [0.1, 0.15) is 6.04 Å². The van der Waals surface area contributed by atoms with Crippen molar-refractivity contribution in [3.8, 4) is 6.07 Å². The molecular weight excluding hydrogens is 276 g/mol. The molecule has 1 aromatic carbocycles. The lowest BCUT2D eigenvalue weighted by atomic mass is 10.1. The second kappa shape index (κ2) is 7.65. The fourth-order valence-corrected chi connectivity index (χ4v) is 2.70. The summed E-state index contributed by atoms with van der Waals surface area (Å²) in [6, 6.07) is 9.33. The van der Waals surface area contributed by atoms with Crippen molar-refractivity contribution < 1.29 is 9.53 Å². The van der Waals surface area contributed by atoms with Gasteiger partial charge in [-0.3, -0.25) is 0 Å². The Labute approximate surface area is 131 Å². The minimum Gasteiger partial charge on any atom is -0.464 e. The van der Waals surface area contributed by atoms with E-state index in [1.807, 2.05) is 35.9 Å². The van der Waals surface area contributed by atoms with Crippen LogP contribution in [0.3, 0.4) is 0 Å². The molecule has 1 aromatic heterocycles. The second-order valence-electron chi connectivity index (χ2n) is 5.37. The number of aromatic nitrogens is 1. The van der Waals surface area contributed by atoms with Crippen molar-refractivity contribution in [2.24, 2.45) is 0 Å². The normalized spacial score (nSPS) is 12.0. The fraction of sp³-hybridized carbons (Fsp3) is 0.444. The summed E-state index contributed by atoms with van der Waals surface area (Å²) >= 11 is 0. The maximum Gasteiger partial charge on any atom is 0.329 e. The molecule has 4 heteroatoms. The van der Waals surface area contributed by atoms with Crippen LogP contribution in [0.15, 0.2) is 30.5 Å². The monoisotopic (exact) mass is 298 g/mol. The largest absolute Gasteiger partial charge is 0.464 e. The lowest BCUT2D eigenvalue weighted by Gasteiger charge is -2.18. The summed E-state index contributed by atoms with van der Waals surface area (Å²) in [7, 11) is 0. The van der Waals surface area contributed by atoms with Crippen LogP contribution >= 0.6 is 0 Å². The molecule has 0 N–H and O–H groups in total. The Morgan fingerprint density at radius 1 is 1.32 bits per heavy atom. The van der Waals surface area contributed by atoms with E-state index in [9.17, 15) is 4.79 Å². The zero-order valence-corrected chi connectivity index (χ0v) is 13.2. The van der Waals surface area contributed by atoms with E-state index in [1.54, 1.807) is 6.07 Å². The van der Waals surface area contributed by atoms with Crippen molar-refractivity contribution >= 4 is 16.9 Å². The average Bonchev–Trinajstić information content (AvgIpc) is 2.94. The van der Waals surface area contributed by atoms with Gasteiger partial charge in [-0.2, -0.15) is 5.26 Å². The third-order valence-electron chi connectivity index (χ3n) is 3.83. The van der Waals surface area contributed by atoms with Gasteiger partial charge in [0.15, 0.2) is 0 Å². The van der Waals surface area contributed by atoms with Gasteiger partial charge in [-0.05, 0) is 37.6 Å². The molecule has 0 radical (unpaired) electrons. The first-order chi connectivity index (χ1) is 10.7. The third-order valence-corrected chi connectivity index (χ3v) is 3.83. The predicted molar refractivity (Wildman–Crippen MR) is 86.5 cm³/mol. The third kappa shape index (κ3) is 3.48. The number of fused-ring (bicyclic) bond motifs is 1. The SMILES string of the molecule is CCCCCC(C(=O)OCC)n1ccc2cc(C#N)ccc21. The number of rotatable bonds is 7. The van der Waals surface area contributed by atoms with Crippen molar-refractivity contribution in [2.45, 2.75) is 45.6 Å². The highest BCUT2D eigenvalue weighted by Gasteiger charge is 2.22. The van der Waals surface area contributed by atoms with Crippen LogP contribution in [0, 0.1) is 11.3 Å². The first-order valence-corrected chi connectivity index (χ1v) is 7.88. The Morgan fingerprint density at radius 2 is 2.14 bits per heavy atom. The van der Waals surface area contributed by atoms with Crippen molar-refractivity contribution in [3.05, 3.63) is 36.0 Å². The molecule has 4 nitrogen and oxygen atoms in total. The number of carbonyl (C=O) groups excluding carboxylic acids is 1. The summed E-state index contributed by atoms with van der Waals surface area (Å²) in [5.41, 5.74) is 1.59. The van der Waals surface area contributed by atoms with Gasteiger partial charge in [-0.25, -0.2) is 4.79 Å². The number of hydrogen-bond acceptors (Lipinski definition) is 3. The number of ether oxygens (including phenoxy) is 1. The number of esters is 1. The number of nitrogens with zero attached hydrogens (tertiary/aromatic N) is 2. The number of benzene rings is 1. The molecule has 22 heavy (non-hydrogen) atoms. The van der Waals surface area contributed by atoms with Crippen LogP contribution < -0.4 is 0 Å². The number of nitriles is 1. The summed E-state index contributed by atoms with van der Waals surface area (Å²) in [4.78, 5) is 12.3. The quantitative estimate of drug-likeness (QED) is 0.568. The molecule has 0 aliphatic carbocycles. The Kier molecular flexibility index (Phi) is 5.60. The van der Waals surface area contributed by atoms with E-state index >= 15 is 0 Å². The molecule has 116 valence electrons. The molecule has 0 bridgehead atoms. The summed E-state index contributed by atoms with van der Waals surface area (Å²) in [6.07, 6.45) is 5.91. The second-order valence-corrected chi connectivity index (χ2v) is 5.37. The molecule has 1 unspecified atom stereocenters. The molecule has 0 fully saturated rings. The van der Waals surface area contributed by atoms with Gasteiger partial charge in [0, 0.05) is 17.1 Å². The number of carbonyl (C=O) groups is 1. The molecule has 2 rings (SSSR count). The van der Waals surface area contributed by atoms with E-state index in [4.69, 9.17) is 10.00 Å². The topological polar surface area (TPSA) is 55.0 Å². The minimum absolute atomic E-state index is 0.180. The number of hydrogen-bond donors (Lipinski definition) is 0. The van der Waals surface area contributed by atoms with E-state index in [0.717, 1.165) is 36.6 Å². The summed E-state index contributed by atoms with van der Waals surface area (Å²) < 4.78 is 7.22. The minimum atomic E-state index is -0.295. The maximum absolute atomic E-state index is 12.3. The Balaban J connectivity index is 2.34. The van der Waals surface area contributed by atoms with Gasteiger partial charge in [0.25, 0.3) is 0 Å². The zero-order chi connectivity index (χ0) is 15.9. The highest BCUT2D eigenvalue weighted by Crippen LogP contribution is 2.26. The van der Waals surface area contributed by atoms with Crippen molar-refractivity contribution in [2.75, 3.05) is 6.61 Å². The molecule has 0 saturated heterocycles. The molecule has 1 atom stereocenters. The first-order valence-electron chi connectivity index (χ1n) is 7.88. The fourth-order valence-electron chi connectivity index (χ4n) is 2.70. The summed E-state index contributed by atoms with van der Waals surface area (Å²) in [5, 5.41) is 9.96. The summed E-state index contributed by atoms with van der Waals surface area (Å²) in [6.45, 7) is 4.36. The van der Waals surface area contributed by atoms with Crippen LogP contribution in [0.2, 0.25) is 0 Å². The molecular formula is C18H22N2O2. The average molecular weight is 298 g/mol. The lowest BCUT2D eigenvalue weighted by Crippen LogP contribution is -2.21. The molecule has 0 aliphatic heterocycles. The zero-order valence-electron chi connectivity index (χ0n) is 13.2. The van der Waals surface area contributed by atoms with Gasteiger partial charge < -0.3 is 9.30 Å². The Hall–Kier alpha value is -2.28. The highest BCUT2D eigenvalue weighted by molar-refractivity contribution is 5.84. The van der Waals surface area contributed by atoms with Crippen LogP contribution in [-0.4, -0.2) is 17.1 Å². The van der Waals surface area contributed by atoms with Crippen molar-refractivity contribution in [3.63, 3.8) is 0 Å². The molecule has 0 saturated carbocycles. The van der Waals surface area contributed by atoms with Crippen LogP contribution in [0.25, 0.3) is 10.9 Å². The van der Waals surface area contributed by atoms with E-state index in [2.05, 4.69) is 13.0 Å². The van der Waals surface area contributed by atoms with E-state index in [-0.39, 0.29) is 12.0 Å². The predicted octanol–water partition coefficient (Wildman–Crippen LogP) is 4.20. The van der Waals surface area contributed by atoms with Gasteiger partial charge in [0.05, 0.1) is 18.2 Å². The van der Waals surface area contributed by atoms with Gasteiger partial charge in [0.2, 0.25) is 0 Å². The van der Waals surface area contributed by atoms with Crippen LogP contribution in [0.4, 0.5) is 0 Å². The highest BCUT2D eigenvalue weighted by atomic mass is 16.5. The van der Waals surface area contributed by atoms with Gasteiger partial charge >= 0.3 is 5.97 Å². The Bertz CT molecular complexity index is 682. The maximum atomic E-state index is 12.3. The van der Waals surface area contributed by atoms with Crippen LogP contribution in [0.1, 0.15) is 51.1 Å². The lowest BCUT2D eigenvalue weighted by molar-refractivity contribution is -0.147. The molecule has 0 amide bonds. The number of unbranched alkanes of at least 4 members (excludes halogenated alkanes) is 2. The first kappa shape index (κ1) is 16.1. The van der Waals surface area contributed by atoms with E-state index < -0.39 is 0 Å². The van der Waals surface area contributed by atoms with Crippen LogP contribution in [-0.2, 0) is 9.53 Å². The molecule has 2 aromatic rings. The van der Waals surface area contributed by atoms with Crippen molar-refractivity contribution in [1.82, 2.24) is 4.57 Å². The van der Waals surface area contributed by atoms with E-state index in [0.29, 0.717) is 12.2 Å². The van der Waals surface area contributed by atoms with Crippen molar-refractivity contribution in [1.29, 1.82) is 5.26 Å². The molecule has 0 aliphatic rings. The summed E-state index contributed by atoms with van der Waals surface area (Å²) in [5.74, 6) is -0.180.